The molecule has 2 atom stereocenters. The van der Waals surface area contributed by atoms with E-state index in [0.29, 0.717) is 25.7 Å². The van der Waals surface area contributed by atoms with Crippen LogP contribution in [0.5, 0.6) is 5.75 Å². The number of para-hydroxylation sites is 1. The lowest BCUT2D eigenvalue weighted by molar-refractivity contribution is 0.0129. The molecule has 4 heteroatoms. The van der Waals surface area contributed by atoms with E-state index < -0.39 is 0 Å². The van der Waals surface area contributed by atoms with Crippen LogP contribution in [0.25, 0.3) is 0 Å². The Kier molecular flexibility index (Phi) is 7.16. The molecular weight excluding hydrogens is 278 g/mol. The maximum absolute atomic E-state index is 10.0. The Morgan fingerprint density at radius 2 is 2.18 bits per heavy atom. The average molecular weight is 307 g/mol. The molecule has 0 aliphatic carbocycles. The van der Waals surface area contributed by atoms with Crippen LogP contribution in [0.4, 0.5) is 0 Å². The molecule has 0 spiro atoms. The molecule has 1 aromatic carbocycles. The first-order valence-electron chi connectivity index (χ1n) is 8.33. The van der Waals surface area contributed by atoms with Gasteiger partial charge >= 0.3 is 0 Å². The van der Waals surface area contributed by atoms with Gasteiger partial charge in [0.05, 0.1) is 19.8 Å². The van der Waals surface area contributed by atoms with Crippen LogP contribution in [0.1, 0.15) is 25.3 Å². The van der Waals surface area contributed by atoms with Crippen LogP contribution in [0.15, 0.2) is 24.3 Å². The van der Waals surface area contributed by atoms with E-state index in [1.54, 1.807) is 7.11 Å². The summed E-state index contributed by atoms with van der Waals surface area (Å²) in [5, 5.41) is 10.0. The molecule has 0 radical (unpaired) electrons. The van der Waals surface area contributed by atoms with E-state index in [-0.39, 0.29) is 6.10 Å². The summed E-state index contributed by atoms with van der Waals surface area (Å²) in [6.45, 7) is 5.88. The first kappa shape index (κ1) is 17.3. The third-order valence-electron chi connectivity index (χ3n) is 4.29. The van der Waals surface area contributed by atoms with E-state index in [0.717, 1.165) is 25.3 Å². The van der Waals surface area contributed by atoms with E-state index in [4.69, 9.17) is 9.47 Å². The lowest BCUT2D eigenvalue weighted by atomic mass is 9.91. The van der Waals surface area contributed by atoms with Crippen molar-refractivity contribution in [2.75, 3.05) is 40.0 Å². The summed E-state index contributed by atoms with van der Waals surface area (Å²) in [4.78, 5) is 2.37. The topological polar surface area (TPSA) is 41.9 Å². The number of rotatable bonds is 8. The van der Waals surface area contributed by atoms with E-state index >= 15 is 0 Å². The lowest BCUT2D eigenvalue weighted by Crippen LogP contribution is -2.42. The Hall–Kier alpha value is -1.10. The second-order valence-electron chi connectivity index (χ2n) is 6.10. The smallest absolute Gasteiger partial charge is 0.122 e. The number of methoxy groups -OCH3 is 1. The quantitative estimate of drug-likeness (QED) is 0.800. The summed E-state index contributed by atoms with van der Waals surface area (Å²) in [7, 11) is 1.73. The molecule has 1 aromatic rings. The number of aliphatic hydroxyl groups excluding tert-OH is 1. The standard InChI is InChI=1S/C18H29NO3/c1-3-22-14-17(20)13-19-10-6-7-15(12-19)11-16-8-4-5-9-18(16)21-2/h4-5,8-9,15,17,20H,3,6-7,10-14H2,1-2H3. The summed E-state index contributed by atoms with van der Waals surface area (Å²) < 4.78 is 10.7. The second kappa shape index (κ2) is 9.13. The third kappa shape index (κ3) is 5.27. The normalized spacial score (nSPS) is 20.8. The van der Waals surface area contributed by atoms with Crippen molar-refractivity contribution in [1.29, 1.82) is 0 Å². The molecule has 22 heavy (non-hydrogen) atoms. The average Bonchev–Trinajstić information content (AvgIpc) is 2.54. The molecule has 4 nitrogen and oxygen atoms in total. The van der Waals surface area contributed by atoms with Gasteiger partial charge in [-0.1, -0.05) is 18.2 Å². The highest BCUT2D eigenvalue weighted by atomic mass is 16.5. The number of hydrogen-bond donors (Lipinski definition) is 1. The predicted octanol–water partition coefficient (Wildman–Crippen LogP) is 2.35. The summed E-state index contributed by atoms with van der Waals surface area (Å²) in [6, 6.07) is 8.27. The van der Waals surface area contributed by atoms with Crippen molar-refractivity contribution in [3.8, 4) is 5.75 Å². The maximum atomic E-state index is 10.0. The van der Waals surface area contributed by atoms with Gasteiger partial charge in [-0.2, -0.15) is 0 Å². The fourth-order valence-corrected chi connectivity index (χ4v) is 3.27. The molecule has 1 saturated heterocycles. The third-order valence-corrected chi connectivity index (χ3v) is 4.29. The Morgan fingerprint density at radius 3 is 2.95 bits per heavy atom. The van der Waals surface area contributed by atoms with Crippen molar-refractivity contribution >= 4 is 0 Å². The number of benzene rings is 1. The zero-order valence-corrected chi connectivity index (χ0v) is 13.8. The van der Waals surface area contributed by atoms with Gasteiger partial charge in [0.2, 0.25) is 0 Å². The number of β-amino-alcohol motifs (C(OH)–C–C–N with tert-alkyl or cyclic N) is 1. The van der Waals surface area contributed by atoms with Gasteiger partial charge in [-0.3, -0.25) is 0 Å². The Labute approximate surface area is 134 Å². The number of nitrogens with zero attached hydrogens (tertiary/aromatic N) is 1. The number of ether oxygens (including phenoxy) is 2. The zero-order chi connectivity index (χ0) is 15.8. The predicted molar refractivity (Wildman–Crippen MR) is 88.4 cm³/mol. The molecule has 1 fully saturated rings. The van der Waals surface area contributed by atoms with Crippen molar-refractivity contribution in [3.05, 3.63) is 29.8 Å². The zero-order valence-electron chi connectivity index (χ0n) is 13.8. The molecule has 2 rings (SSSR count). The molecule has 0 amide bonds. The van der Waals surface area contributed by atoms with Crippen LogP contribution in [0, 0.1) is 5.92 Å². The summed E-state index contributed by atoms with van der Waals surface area (Å²) in [5.74, 6) is 1.61. The van der Waals surface area contributed by atoms with Crippen LogP contribution < -0.4 is 4.74 Å². The largest absolute Gasteiger partial charge is 0.496 e. The highest BCUT2D eigenvalue weighted by Gasteiger charge is 2.22. The summed E-state index contributed by atoms with van der Waals surface area (Å²) >= 11 is 0. The Balaban J connectivity index is 1.85. The minimum atomic E-state index is -0.384. The highest BCUT2D eigenvalue weighted by Crippen LogP contribution is 2.26. The van der Waals surface area contributed by atoms with Crippen molar-refractivity contribution in [2.45, 2.75) is 32.3 Å². The van der Waals surface area contributed by atoms with Gasteiger partial charge in [-0.25, -0.2) is 0 Å². The molecule has 2 unspecified atom stereocenters. The van der Waals surface area contributed by atoms with Crippen molar-refractivity contribution in [1.82, 2.24) is 4.90 Å². The van der Waals surface area contributed by atoms with Crippen molar-refractivity contribution in [3.63, 3.8) is 0 Å². The van der Waals surface area contributed by atoms with Crippen LogP contribution in [0.3, 0.4) is 0 Å². The minimum absolute atomic E-state index is 0.384. The van der Waals surface area contributed by atoms with Gasteiger partial charge in [0.1, 0.15) is 5.75 Å². The van der Waals surface area contributed by atoms with Gasteiger partial charge in [0.15, 0.2) is 0 Å². The van der Waals surface area contributed by atoms with Crippen LogP contribution in [-0.4, -0.2) is 56.1 Å². The molecule has 0 aromatic heterocycles. The lowest BCUT2D eigenvalue weighted by Gasteiger charge is -2.34. The molecule has 1 heterocycles. The Morgan fingerprint density at radius 1 is 1.36 bits per heavy atom. The van der Waals surface area contributed by atoms with E-state index in [1.807, 2.05) is 19.1 Å². The number of hydrogen-bond acceptors (Lipinski definition) is 4. The fourth-order valence-electron chi connectivity index (χ4n) is 3.27. The van der Waals surface area contributed by atoms with Crippen LogP contribution in [0.2, 0.25) is 0 Å². The minimum Gasteiger partial charge on any atom is -0.496 e. The molecule has 124 valence electrons. The Bertz CT molecular complexity index is 438. The molecule has 1 N–H and O–H groups in total. The highest BCUT2D eigenvalue weighted by molar-refractivity contribution is 5.33. The number of piperidine rings is 1. The summed E-state index contributed by atoms with van der Waals surface area (Å²) in [5.41, 5.74) is 1.28. The molecule has 1 aliphatic heterocycles. The van der Waals surface area contributed by atoms with E-state index in [1.165, 1.54) is 18.4 Å². The van der Waals surface area contributed by atoms with Gasteiger partial charge in [-0.05, 0) is 50.3 Å². The molecule has 0 bridgehead atoms. The van der Waals surface area contributed by atoms with E-state index in [9.17, 15) is 5.11 Å². The first-order chi connectivity index (χ1) is 10.7. The monoisotopic (exact) mass is 307 g/mol. The molecule has 1 aliphatic rings. The van der Waals surface area contributed by atoms with Crippen molar-refractivity contribution in [2.24, 2.45) is 5.92 Å². The summed E-state index contributed by atoms with van der Waals surface area (Å²) in [6.07, 6.45) is 3.10. The SMILES string of the molecule is CCOCC(O)CN1CCCC(Cc2ccccc2OC)C1. The van der Waals surface area contributed by atoms with Gasteiger partial charge < -0.3 is 19.5 Å². The molecule has 0 saturated carbocycles. The second-order valence-corrected chi connectivity index (χ2v) is 6.10. The number of aliphatic hydroxyl groups is 1. The first-order valence-corrected chi connectivity index (χ1v) is 8.33. The fraction of sp³-hybridized carbons (Fsp3) is 0.667. The van der Waals surface area contributed by atoms with Crippen molar-refractivity contribution < 1.29 is 14.6 Å². The van der Waals surface area contributed by atoms with Gasteiger partial charge in [-0.15, -0.1) is 0 Å². The number of likely N-dealkylation sites (tertiary alicyclic amines) is 1. The van der Waals surface area contributed by atoms with Gasteiger partial charge in [0.25, 0.3) is 0 Å². The maximum Gasteiger partial charge on any atom is 0.122 e. The molecular formula is C18H29NO3. The van der Waals surface area contributed by atoms with Crippen LogP contribution in [-0.2, 0) is 11.2 Å². The van der Waals surface area contributed by atoms with Gasteiger partial charge in [0, 0.05) is 19.7 Å². The van der Waals surface area contributed by atoms with Crippen LogP contribution >= 0.6 is 0 Å². The van der Waals surface area contributed by atoms with E-state index in [2.05, 4.69) is 17.0 Å².